The van der Waals surface area contributed by atoms with Crippen LogP contribution in [0.2, 0.25) is 0 Å². The zero-order valence-electron chi connectivity index (χ0n) is 13.5. The summed E-state index contributed by atoms with van der Waals surface area (Å²) in [6.45, 7) is 15.8. The van der Waals surface area contributed by atoms with Gasteiger partial charge in [-0.2, -0.15) is 0 Å². The van der Waals surface area contributed by atoms with Crippen LogP contribution in [0, 0.1) is 11.3 Å². The minimum Gasteiger partial charge on any atom is -0.360 e. The van der Waals surface area contributed by atoms with E-state index in [-0.39, 0.29) is 11.1 Å². The highest BCUT2D eigenvalue weighted by atomic mass is 16.5. The Labute approximate surface area is 119 Å². The van der Waals surface area contributed by atoms with Gasteiger partial charge in [0.15, 0.2) is 0 Å². The van der Waals surface area contributed by atoms with E-state index >= 15 is 0 Å². The molecule has 0 saturated carbocycles. The van der Waals surface area contributed by atoms with Gasteiger partial charge in [-0.3, -0.25) is 5.32 Å². The molecule has 0 aliphatic carbocycles. The molecular formula is C16H32N2O. The monoisotopic (exact) mass is 268 g/mol. The van der Waals surface area contributed by atoms with Crippen LogP contribution in [0.5, 0.6) is 0 Å². The molecule has 0 bridgehead atoms. The second-order valence-corrected chi connectivity index (χ2v) is 7.81. The molecule has 0 aromatic carbocycles. The maximum Gasteiger partial charge on any atom is 0.116 e. The second kappa shape index (κ2) is 5.71. The molecule has 0 aromatic rings. The van der Waals surface area contributed by atoms with Crippen LogP contribution in [0.15, 0.2) is 0 Å². The Balaban J connectivity index is 1.79. The van der Waals surface area contributed by atoms with E-state index in [1.54, 1.807) is 0 Å². The fourth-order valence-corrected chi connectivity index (χ4v) is 3.24. The maximum absolute atomic E-state index is 6.13. The molecule has 19 heavy (non-hydrogen) atoms. The molecule has 0 spiro atoms. The zero-order valence-corrected chi connectivity index (χ0v) is 13.5. The minimum atomic E-state index is -0.0970. The first-order chi connectivity index (χ1) is 8.80. The van der Waals surface area contributed by atoms with Crippen molar-refractivity contribution in [2.24, 2.45) is 11.3 Å². The largest absolute Gasteiger partial charge is 0.360 e. The van der Waals surface area contributed by atoms with Crippen molar-refractivity contribution in [3.8, 4) is 0 Å². The van der Waals surface area contributed by atoms with E-state index in [4.69, 9.17) is 4.74 Å². The molecule has 2 aliphatic rings. The Bertz CT molecular complexity index is 283. The Morgan fingerprint density at radius 1 is 1.21 bits per heavy atom. The van der Waals surface area contributed by atoms with Crippen molar-refractivity contribution < 1.29 is 4.74 Å². The van der Waals surface area contributed by atoms with Crippen molar-refractivity contribution in [1.29, 1.82) is 0 Å². The van der Waals surface area contributed by atoms with Crippen molar-refractivity contribution in [1.82, 2.24) is 10.2 Å². The fraction of sp³-hybridized carbons (Fsp3) is 1.00. The molecule has 3 heteroatoms. The molecule has 1 unspecified atom stereocenters. The summed E-state index contributed by atoms with van der Waals surface area (Å²) in [6.07, 6.45) is 3.80. The highest BCUT2D eigenvalue weighted by Crippen LogP contribution is 2.32. The quantitative estimate of drug-likeness (QED) is 0.852. The summed E-state index contributed by atoms with van der Waals surface area (Å²) >= 11 is 0. The fourth-order valence-electron chi connectivity index (χ4n) is 3.24. The Hall–Kier alpha value is -0.120. The van der Waals surface area contributed by atoms with Gasteiger partial charge in [-0.25, -0.2) is 0 Å². The Morgan fingerprint density at radius 2 is 1.84 bits per heavy atom. The van der Waals surface area contributed by atoms with Gasteiger partial charge in [-0.05, 0) is 59.0 Å². The topological polar surface area (TPSA) is 24.5 Å². The van der Waals surface area contributed by atoms with E-state index in [2.05, 4.69) is 44.8 Å². The van der Waals surface area contributed by atoms with E-state index in [1.165, 1.54) is 25.9 Å². The first-order valence-electron chi connectivity index (χ1n) is 7.93. The highest BCUT2D eigenvalue weighted by Gasteiger charge is 2.37. The Kier molecular flexibility index (Phi) is 4.59. The van der Waals surface area contributed by atoms with Crippen LogP contribution in [0.4, 0.5) is 0 Å². The van der Waals surface area contributed by atoms with Crippen LogP contribution in [-0.2, 0) is 4.74 Å². The van der Waals surface area contributed by atoms with Gasteiger partial charge >= 0.3 is 0 Å². The number of hydrogen-bond donors (Lipinski definition) is 1. The molecule has 0 amide bonds. The van der Waals surface area contributed by atoms with Gasteiger partial charge in [0.2, 0.25) is 0 Å². The molecule has 2 saturated heterocycles. The predicted octanol–water partition coefficient (Wildman–Crippen LogP) is 2.86. The number of likely N-dealkylation sites (tertiary alicyclic amines) is 1. The summed E-state index contributed by atoms with van der Waals surface area (Å²) in [5.74, 6) is 0.814. The number of nitrogens with one attached hydrogen (secondary N) is 1. The van der Waals surface area contributed by atoms with Crippen molar-refractivity contribution in [2.45, 2.75) is 65.6 Å². The van der Waals surface area contributed by atoms with Crippen LogP contribution >= 0.6 is 0 Å². The molecule has 2 fully saturated rings. The molecule has 2 heterocycles. The van der Waals surface area contributed by atoms with Crippen molar-refractivity contribution in [3.05, 3.63) is 0 Å². The summed E-state index contributed by atoms with van der Waals surface area (Å²) in [5, 5.41) is 3.63. The summed E-state index contributed by atoms with van der Waals surface area (Å²) in [6, 6.07) is 0.696. The maximum atomic E-state index is 6.13. The van der Waals surface area contributed by atoms with Gasteiger partial charge < -0.3 is 9.64 Å². The molecule has 1 atom stereocenters. The molecule has 2 aliphatic heterocycles. The number of piperidine rings is 1. The van der Waals surface area contributed by atoms with Gasteiger partial charge in [0.1, 0.15) is 5.72 Å². The van der Waals surface area contributed by atoms with Crippen LogP contribution in [0.1, 0.15) is 53.9 Å². The van der Waals surface area contributed by atoms with Gasteiger partial charge in [-0.1, -0.05) is 13.8 Å². The lowest BCUT2D eigenvalue weighted by Gasteiger charge is -2.45. The lowest BCUT2D eigenvalue weighted by Crippen LogP contribution is -2.57. The van der Waals surface area contributed by atoms with E-state index in [0.29, 0.717) is 6.04 Å². The third kappa shape index (κ3) is 4.17. The SMILES string of the molecule is CC(C)N1CCC(CC2(C)NCC(C)(C)CO2)CC1. The van der Waals surface area contributed by atoms with Crippen molar-refractivity contribution >= 4 is 0 Å². The molecule has 0 aromatic heterocycles. The van der Waals surface area contributed by atoms with E-state index in [0.717, 1.165) is 25.5 Å². The predicted molar refractivity (Wildman–Crippen MR) is 80.2 cm³/mol. The first kappa shape index (κ1) is 15.3. The molecule has 2 rings (SSSR count). The van der Waals surface area contributed by atoms with E-state index in [1.807, 2.05) is 0 Å². The third-order valence-electron chi connectivity index (χ3n) is 4.78. The van der Waals surface area contributed by atoms with Crippen LogP contribution in [0.3, 0.4) is 0 Å². The van der Waals surface area contributed by atoms with Gasteiger partial charge in [0.25, 0.3) is 0 Å². The lowest BCUT2D eigenvalue weighted by atomic mass is 9.86. The summed E-state index contributed by atoms with van der Waals surface area (Å²) < 4.78 is 6.13. The van der Waals surface area contributed by atoms with Gasteiger partial charge in [-0.15, -0.1) is 0 Å². The van der Waals surface area contributed by atoms with Gasteiger partial charge in [0, 0.05) is 18.0 Å². The number of nitrogens with zero attached hydrogens (tertiary/aromatic N) is 1. The average Bonchev–Trinajstić information content (AvgIpc) is 2.34. The summed E-state index contributed by atoms with van der Waals surface area (Å²) in [5.41, 5.74) is 0.181. The zero-order chi connectivity index (χ0) is 14.1. The van der Waals surface area contributed by atoms with Crippen molar-refractivity contribution in [2.75, 3.05) is 26.2 Å². The third-order valence-corrected chi connectivity index (χ3v) is 4.78. The van der Waals surface area contributed by atoms with E-state index < -0.39 is 0 Å². The van der Waals surface area contributed by atoms with Crippen LogP contribution < -0.4 is 5.32 Å². The van der Waals surface area contributed by atoms with E-state index in [9.17, 15) is 0 Å². The number of ether oxygens (including phenoxy) is 1. The molecule has 3 nitrogen and oxygen atoms in total. The number of hydrogen-bond acceptors (Lipinski definition) is 3. The van der Waals surface area contributed by atoms with Gasteiger partial charge in [0.05, 0.1) is 6.61 Å². The molecule has 1 N–H and O–H groups in total. The summed E-state index contributed by atoms with van der Waals surface area (Å²) in [7, 11) is 0. The molecule has 112 valence electrons. The minimum absolute atomic E-state index is 0.0970. The van der Waals surface area contributed by atoms with Crippen LogP contribution in [0.25, 0.3) is 0 Å². The molecular weight excluding hydrogens is 236 g/mol. The standard InChI is InChI=1S/C16H32N2O/c1-13(2)18-8-6-14(7-9-18)10-16(5)17-11-15(3,4)12-19-16/h13-14,17H,6-12H2,1-5H3. The average molecular weight is 268 g/mol. The second-order valence-electron chi connectivity index (χ2n) is 7.81. The highest BCUT2D eigenvalue weighted by molar-refractivity contribution is 4.87. The first-order valence-corrected chi connectivity index (χ1v) is 7.93. The summed E-state index contributed by atoms with van der Waals surface area (Å²) in [4.78, 5) is 2.59. The normalized spacial score (nSPS) is 33.8. The number of rotatable bonds is 3. The van der Waals surface area contributed by atoms with Crippen LogP contribution in [-0.4, -0.2) is 42.9 Å². The smallest absolute Gasteiger partial charge is 0.116 e. The Morgan fingerprint density at radius 3 is 2.32 bits per heavy atom. The lowest BCUT2D eigenvalue weighted by molar-refractivity contribution is -0.139. The van der Waals surface area contributed by atoms with Crippen molar-refractivity contribution in [3.63, 3.8) is 0 Å². The molecule has 0 radical (unpaired) electrons.